The Bertz CT molecular complexity index is 411. The Hall–Kier alpha value is -1.51. The lowest BCUT2D eigenvalue weighted by molar-refractivity contribution is -0.121. The summed E-state index contributed by atoms with van der Waals surface area (Å²) in [5.74, 6) is 0.629. The topological polar surface area (TPSA) is 49.3 Å². The van der Waals surface area contributed by atoms with Gasteiger partial charge in [-0.1, -0.05) is 45.9 Å². The van der Waals surface area contributed by atoms with Gasteiger partial charge in [-0.2, -0.15) is 0 Å². The summed E-state index contributed by atoms with van der Waals surface area (Å²) in [7, 11) is 0. The summed E-state index contributed by atoms with van der Waals surface area (Å²) in [5.41, 5.74) is 0.742. The summed E-state index contributed by atoms with van der Waals surface area (Å²) in [5, 5.41) is 12.5. The molecule has 0 saturated carbocycles. The first-order valence-electron chi connectivity index (χ1n) is 6.36. The number of hydrogen-bond acceptors (Lipinski definition) is 2. The number of phenols is 1. The van der Waals surface area contributed by atoms with E-state index in [9.17, 15) is 9.90 Å². The Labute approximate surface area is 109 Å². The maximum absolute atomic E-state index is 11.8. The minimum atomic E-state index is -0.0507. The maximum atomic E-state index is 11.8. The van der Waals surface area contributed by atoms with E-state index >= 15 is 0 Å². The van der Waals surface area contributed by atoms with Gasteiger partial charge in [0, 0.05) is 12.1 Å². The van der Waals surface area contributed by atoms with Crippen LogP contribution in [0, 0.1) is 11.3 Å². The molecule has 0 heterocycles. The van der Waals surface area contributed by atoms with Crippen molar-refractivity contribution >= 4 is 5.91 Å². The summed E-state index contributed by atoms with van der Waals surface area (Å²) in [6, 6.07) is 6.93. The second-order valence-corrected chi connectivity index (χ2v) is 5.73. The fraction of sp³-hybridized carbons (Fsp3) is 0.533. The van der Waals surface area contributed by atoms with Gasteiger partial charge in [0.1, 0.15) is 5.75 Å². The number of para-hydroxylation sites is 1. The van der Waals surface area contributed by atoms with Gasteiger partial charge in [-0.25, -0.2) is 0 Å². The molecule has 2 N–H and O–H groups in total. The lowest BCUT2D eigenvalue weighted by Gasteiger charge is -2.29. The molecule has 0 radical (unpaired) electrons. The Morgan fingerprint density at radius 3 is 2.50 bits per heavy atom. The summed E-state index contributed by atoms with van der Waals surface area (Å²) in [6.07, 6.45) is 0.223. The van der Waals surface area contributed by atoms with Crippen LogP contribution >= 0.6 is 0 Å². The van der Waals surface area contributed by atoms with Crippen LogP contribution in [0.5, 0.6) is 5.75 Å². The van der Waals surface area contributed by atoms with Crippen molar-refractivity contribution in [2.75, 3.05) is 6.54 Å². The van der Waals surface area contributed by atoms with Crippen LogP contribution in [-0.4, -0.2) is 17.6 Å². The van der Waals surface area contributed by atoms with Crippen molar-refractivity contribution in [1.82, 2.24) is 5.32 Å². The van der Waals surface area contributed by atoms with Gasteiger partial charge in [0.2, 0.25) is 5.91 Å². The smallest absolute Gasteiger partial charge is 0.224 e. The molecule has 0 aliphatic heterocycles. The molecule has 0 saturated heterocycles. The minimum Gasteiger partial charge on any atom is -0.508 e. The highest BCUT2D eigenvalue weighted by atomic mass is 16.3. The van der Waals surface area contributed by atoms with Crippen LogP contribution in [0.4, 0.5) is 0 Å². The Balaban J connectivity index is 2.51. The molecule has 0 fully saturated rings. The van der Waals surface area contributed by atoms with E-state index in [4.69, 9.17) is 0 Å². The molecule has 100 valence electrons. The normalized spacial score (nSPS) is 11.6. The number of carbonyl (C=O) groups excluding carboxylic acids is 1. The third-order valence-corrected chi connectivity index (χ3v) is 3.65. The summed E-state index contributed by atoms with van der Waals surface area (Å²) in [4.78, 5) is 11.8. The van der Waals surface area contributed by atoms with Crippen LogP contribution in [-0.2, 0) is 11.2 Å². The molecule has 1 amide bonds. The van der Waals surface area contributed by atoms with Crippen molar-refractivity contribution in [2.45, 2.75) is 34.1 Å². The van der Waals surface area contributed by atoms with E-state index in [1.54, 1.807) is 18.2 Å². The lowest BCUT2D eigenvalue weighted by Crippen LogP contribution is -2.37. The van der Waals surface area contributed by atoms with Crippen LogP contribution in [0.15, 0.2) is 24.3 Å². The Morgan fingerprint density at radius 2 is 1.94 bits per heavy atom. The van der Waals surface area contributed by atoms with E-state index in [1.807, 2.05) is 6.07 Å². The van der Waals surface area contributed by atoms with Gasteiger partial charge in [-0.15, -0.1) is 0 Å². The van der Waals surface area contributed by atoms with Crippen LogP contribution in [0.2, 0.25) is 0 Å². The van der Waals surface area contributed by atoms with E-state index < -0.39 is 0 Å². The number of carbonyl (C=O) groups is 1. The largest absolute Gasteiger partial charge is 0.508 e. The van der Waals surface area contributed by atoms with E-state index in [0.717, 1.165) is 0 Å². The van der Waals surface area contributed by atoms with Crippen LogP contribution in [0.25, 0.3) is 0 Å². The number of benzene rings is 1. The average molecular weight is 249 g/mol. The lowest BCUT2D eigenvalue weighted by atomic mass is 9.81. The molecule has 0 atom stereocenters. The molecule has 0 unspecified atom stereocenters. The second kappa shape index (κ2) is 5.89. The predicted octanol–water partition coefficient (Wildman–Crippen LogP) is 2.73. The molecule has 18 heavy (non-hydrogen) atoms. The van der Waals surface area contributed by atoms with Crippen molar-refractivity contribution < 1.29 is 9.90 Å². The number of hydrogen-bond donors (Lipinski definition) is 2. The van der Waals surface area contributed by atoms with Crippen molar-refractivity contribution in [3.05, 3.63) is 29.8 Å². The quantitative estimate of drug-likeness (QED) is 0.843. The summed E-state index contributed by atoms with van der Waals surface area (Å²) in [6.45, 7) is 9.22. The van der Waals surface area contributed by atoms with Gasteiger partial charge in [-0.05, 0) is 17.4 Å². The molecule has 0 bridgehead atoms. The minimum absolute atomic E-state index is 0.0507. The first-order valence-corrected chi connectivity index (χ1v) is 6.36. The van der Waals surface area contributed by atoms with Gasteiger partial charge >= 0.3 is 0 Å². The molecule has 1 aromatic carbocycles. The van der Waals surface area contributed by atoms with Crippen LogP contribution < -0.4 is 5.32 Å². The zero-order chi connectivity index (χ0) is 13.8. The van der Waals surface area contributed by atoms with Crippen LogP contribution in [0.1, 0.15) is 33.3 Å². The van der Waals surface area contributed by atoms with Crippen molar-refractivity contribution in [2.24, 2.45) is 11.3 Å². The summed E-state index contributed by atoms with van der Waals surface area (Å²) < 4.78 is 0. The monoisotopic (exact) mass is 249 g/mol. The maximum Gasteiger partial charge on any atom is 0.224 e. The van der Waals surface area contributed by atoms with Gasteiger partial charge in [0.25, 0.3) is 0 Å². The molecule has 3 heteroatoms. The third kappa shape index (κ3) is 4.06. The SMILES string of the molecule is CC(C)C(C)(C)CNC(=O)Cc1ccccc1O. The first-order chi connectivity index (χ1) is 8.33. The fourth-order valence-corrected chi connectivity index (χ4v) is 1.43. The number of aromatic hydroxyl groups is 1. The molecular weight excluding hydrogens is 226 g/mol. The Morgan fingerprint density at radius 1 is 1.33 bits per heavy atom. The average Bonchev–Trinajstić information content (AvgIpc) is 2.29. The van der Waals surface area contributed by atoms with E-state index in [2.05, 4.69) is 33.0 Å². The molecule has 0 aliphatic carbocycles. The zero-order valence-electron chi connectivity index (χ0n) is 11.7. The highest BCUT2D eigenvalue weighted by Gasteiger charge is 2.22. The van der Waals surface area contributed by atoms with Gasteiger partial charge < -0.3 is 10.4 Å². The van der Waals surface area contributed by atoms with E-state index in [-0.39, 0.29) is 23.5 Å². The van der Waals surface area contributed by atoms with Crippen molar-refractivity contribution in [3.63, 3.8) is 0 Å². The highest BCUT2D eigenvalue weighted by molar-refractivity contribution is 5.79. The number of rotatable bonds is 5. The van der Waals surface area contributed by atoms with Crippen molar-refractivity contribution in [3.8, 4) is 5.75 Å². The fourth-order valence-electron chi connectivity index (χ4n) is 1.43. The Kier molecular flexibility index (Phi) is 4.76. The molecule has 1 aromatic rings. The first kappa shape index (κ1) is 14.6. The standard InChI is InChI=1S/C15H23NO2/c1-11(2)15(3,4)10-16-14(18)9-12-7-5-6-8-13(12)17/h5-8,11,17H,9-10H2,1-4H3,(H,16,18). The van der Waals surface area contributed by atoms with Gasteiger partial charge in [-0.3, -0.25) is 4.79 Å². The number of nitrogens with one attached hydrogen (secondary N) is 1. The second-order valence-electron chi connectivity index (χ2n) is 5.73. The number of phenolic OH excluding ortho intramolecular Hbond substituents is 1. The van der Waals surface area contributed by atoms with Crippen molar-refractivity contribution in [1.29, 1.82) is 0 Å². The summed E-state index contributed by atoms with van der Waals surface area (Å²) >= 11 is 0. The molecule has 0 aliphatic rings. The molecule has 0 spiro atoms. The predicted molar refractivity (Wildman–Crippen MR) is 73.4 cm³/mol. The van der Waals surface area contributed by atoms with Gasteiger partial charge in [0.15, 0.2) is 0 Å². The van der Waals surface area contributed by atoms with E-state index in [1.165, 1.54) is 0 Å². The number of amides is 1. The molecule has 1 rings (SSSR count). The van der Waals surface area contributed by atoms with Crippen LogP contribution in [0.3, 0.4) is 0 Å². The van der Waals surface area contributed by atoms with Gasteiger partial charge in [0.05, 0.1) is 6.42 Å². The molecular formula is C15H23NO2. The zero-order valence-corrected chi connectivity index (χ0v) is 11.7. The van der Waals surface area contributed by atoms with E-state index in [0.29, 0.717) is 18.0 Å². The molecule has 0 aromatic heterocycles. The highest BCUT2D eigenvalue weighted by Crippen LogP contribution is 2.24. The third-order valence-electron chi connectivity index (χ3n) is 3.65. The molecule has 3 nitrogen and oxygen atoms in total.